The van der Waals surface area contributed by atoms with Crippen LogP contribution in [-0.2, 0) is 34.7 Å². The Hall–Kier alpha value is -0.0701. The van der Waals surface area contributed by atoms with Gasteiger partial charge < -0.3 is 10.4 Å². The fraction of sp³-hybridized carbons (Fsp3) is 0.350. The Morgan fingerprint density at radius 2 is 1.66 bits per heavy atom. The maximum absolute atomic E-state index is 11.3. The van der Waals surface area contributed by atoms with Crippen LogP contribution in [0.4, 0.5) is 0 Å². The minimum atomic E-state index is -0.903. The molecular formula is C20H24BCl2Cr2NO2S. The third-order valence-electron chi connectivity index (χ3n) is 4.52. The minimum absolute atomic E-state index is 0. The standard InChI is InChI=1S/C18H17Cl2NO2.CH3B.CH4S.2Cr/c1-21-17-7-5-12(10-3-6-15(19)16(20)9-10)13-4-2-11(18(22)23)8-14(13)17;2*1-2;;/h2-4,6,8-9,12,17,21H,5,7H2,1H3,(H,22,23);1H3;2H,1H3;;/t12-,17-;;;;/m0..../s1. The summed E-state index contributed by atoms with van der Waals surface area (Å²) in [5.41, 5.74) is 3.63. The largest absolute Gasteiger partial charge is 0.478 e. The average Bonchev–Trinajstić information content (AvgIpc) is 2.71. The van der Waals surface area contributed by atoms with Gasteiger partial charge in [0.25, 0.3) is 0 Å². The average molecular weight is 528 g/mol. The summed E-state index contributed by atoms with van der Waals surface area (Å²) in [6, 6.07) is 11.3. The second-order valence-electron chi connectivity index (χ2n) is 5.79. The van der Waals surface area contributed by atoms with E-state index in [2.05, 4.69) is 25.8 Å². The molecule has 0 aromatic heterocycles. The fourth-order valence-electron chi connectivity index (χ4n) is 3.35. The van der Waals surface area contributed by atoms with E-state index >= 15 is 0 Å². The van der Waals surface area contributed by atoms with Gasteiger partial charge in [-0.3, -0.25) is 0 Å². The number of thiol groups is 1. The van der Waals surface area contributed by atoms with Crippen LogP contribution in [0.1, 0.15) is 51.8 Å². The van der Waals surface area contributed by atoms with Gasteiger partial charge in [0.1, 0.15) is 0 Å². The van der Waals surface area contributed by atoms with Crippen molar-refractivity contribution in [2.75, 3.05) is 13.3 Å². The first-order valence-corrected chi connectivity index (χ1v) is 10.2. The van der Waals surface area contributed by atoms with Crippen molar-refractivity contribution in [2.45, 2.75) is 31.6 Å². The molecule has 0 fully saturated rings. The van der Waals surface area contributed by atoms with Crippen LogP contribution >= 0.6 is 35.8 Å². The molecule has 0 amide bonds. The van der Waals surface area contributed by atoms with E-state index in [-0.39, 0.29) is 46.7 Å². The van der Waals surface area contributed by atoms with Crippen molar-refractivity contribution in [3.63, 3.8) is 0 Å². The maximum Gasteiger partial charge on any atom is 0.335 e. The smallest absolute Gasteiger partial charge is 0.335 e. The molecule has 156 valence electrons. The monoisotopic (exact) mass is 527 g/mol. The van der Waals surface area contributed by atoms with Crippen molar-refractivity contribution in [3.05, 3.63) is 68.7 Å². The Labute approximate surface area is 212 Å². The molecule has 9 heteroatoms. The Balaban J connectivity index is 0. The zero-order chi connectivity index (χ0) is 20.6. The molecule has 0 bridgehead atoms. The van der Waals surface area contributed by atoms with Crippen molar-refractivity contribution >= 4 is 49.6 Å². The summed E-state index contributed by atoms with van der Waals surface area (Å²) < 4.78 is 0. The zero-order valence-corrected chi connectivity index (χ0v) is 21.4. The van der Waals surface area contributed by atoms with Gasteiger partial charge >= 0.3 is 5.97 Å². The summed E-state index contributed by atoms with van der Waals surface area (Å²) in [6.45, 7) is 1.50. The Kier molecular flexibility index (Phi) is 16.8. The molecule has 0 saturated heterocycles. The molecule has 2 radical (unpaired) electrons. The van der Waals surface area contributed by atoms with Crippen LogP contribution in [0.25, 0.3) is 0 Å². The van der Waals surface area contributed by atoms with Gasteiger partial charge in [0.2, 0.25) is 0 Å². The molecule has 3 rings (SSSR count). The molecule has 29 heavy (non-hydrogen) atoms. The van der Waals surface area contributed by atoms with Gasteiger partial charge in [0.05, 0.1) is 23.5 Å². The van der Waals surface area contributed by atoms with Crippen LogP contribution in [-0.4, -0.2) is 32.2 Å². The summed E-state index contributed by atoms with van der Waals surface area (Å²) in [4.78, 5) is 11.3. The quantitative estimate of drug-likeness (QED) is 0.358. The van der Waals surface area contributed by atoms with Crippen molar-refractivity contribution in [2.24, 2.45) is 0 Å². The van der Waals surface area contributed by atoms with Crippen LogP contribution < -0.4 is 5.32 Å². The van der Waals surface area contributed by atoms with E-state index in [1.165, 1.54) is 6.82 Å². The van der Waals surface area contributed by atoms with E-state index in [1.54, 1.807) is 18.4 Å². The molecule has 0 spiro atoms. The molecule has 0 unspecified atom stereocenters. The molecular weight excluding hydrogens is 504 g/mol. The second-order valence-corrected chi connectivity index (χ2v) is 6.61. The van der Waals surface area contributed by atoms with Crippen LogP contribution in [0, 0.1) is 0 Å². The molecule has 0 heterocycles. The number of hydrogen-bond acceptors (Lipinski definition) is 3. The molecule has 2 atom stereocenters. The molecule has 1 aliphatic carbocycles. The maximum atomic E-state index is 11.3. The summed E-state index contributed by atoms with van der Waals surface area (Å²) in [5.74, 6) is -0.702. The Morgan fingerprint density at radius 3 is 2.17 bits per heavy atom. The van der Waals surface area contributed by atoms with E-state index in [0.29, 0.717) is 15.6 Å². The van der Waals surface area contributed by atoms with Crippen LogP contribution in [0.15, 0.2) is 36.4 Å². The number of carbonyl (C=O) groups is 1. The summed E-state index contributed by atoms with van der Waals surface area (Å²) in [7, 11) is 6.40. The van der Waals surface area contributed by atoms with E-state index in [0.717, 1.165) is 29.5 Å². The minimum Gasteiger partial charge on any atom is -0.478 e. The van der Waals surface area contributed by atoms with Crippen molar-refractivity contribution in [1.29, 1.82) is 0 Å². The van der Waals surface area contributed by atoms with Gasteiger partial charge in [-0.15, -0.1) is 0 Å². The number of nitrogens with one attached hydrogen (secondary N) is 1. The van der Waals surface area contributed by atoms with Gasteiger partial charge in [0.15, 0.2) is 0 Å². The number of aromatic carboxylic acids is 1. The number of fused-ring (bicyclic) bond motifs is 1. The van der Waals surface area contributed by atoms with Crippen molar-refractivity contribution in [3.8, 4) is 0 Å². The zero-order valence-electron chi connectivity index (χ0n) is 16.5. The van der Waals surface area contributed by atoms with Gasteiger partial charge in [-0.1, -0.05) is 42.2 Å². The molecule has 2 aromatic carbocycles. The SMILES string of the molecule is CN[C@H]1CC[C@@H](c2ccc(Cl)c(Cl)c2)c2ccc(C(=O)O)cc21.CS.[B]C.[Cr].[Cr]. The number of carboxylic acids is 1. The topological polar surface area (TPSA) is 49.3 Å². The van der Waals surface area contributed by atoms with E-state index in [4.69, 9.17) is 23.2 Å². The Morgan fingerprint density at radius 1 is 1.03 bits per heavy atom. The Bertz CT molecular complexity index is 784. The number of halogens is 2. The number of rotatable bonds is 3. The van der Waals surface area contributed by atoms with Gasteiger partial charge in [-0.25, -0.2) is 4.79 Å². The molecule has 2 aromatic rings. The normalized spacial score (nSPS) is 16.3. The summed E-state index contributed by atoms with van der Waals surface area (Å²) in [6.07, 6.45) is 3.61. The molecule has 3 nitrogen and oxygen atoms in total. The third kappa shape index (κ3) is 7.84. The van der Waals surface area contributed by atoms with Crippen LogP contribution in [0.3, 0.4) is 0 Å². The predicted octanol–water partition coefficient (Wildman–Crippen LogP) is 5.62. The molecule has 1 aliphatic rings. The predicted molar refractivity (Wildman–Crippen MR) is 119 cm³/mol. The van der Waals surface area contributed by atoms with E-state index in [1.807, 2.05) is 31.3 Å². The van der Waals surface area contributed by atoms with Gasteiger partial charge in [0, 0.05) is 46.7 Å². The number of carboxylic acid groups (broad SMARTS) is 1. The molecule has 2 N–H and O–H groups in total. The first-order valence-electron chi connectivity index (χ1n) is 8.53. The molecule has 0 saturated carbocycles. The summed E-state index contributed by atoms with van der Waals surface area (Å²) in [5, 5.41) is 13.6. The number of hydrogen-bond donors (Lipinski definition) is 3. The van der Waals surface area contributed by atoms with Crippen LogP contribution in [0.2, 0.25) is 16.9 Å². The first-order chi connectivity index (χ1) is 13.0. The first kappa shape index (κ1) is 31.1. The fourth-order valence-corrected chi connectivity index (χ4v) is 3.65. The van der Waals surface area contributed by atoms with Crippen molar-refractivity contribution in [1.82, 2.24) is 5.32 Å². The number of benzene rings is 2. The van der Waals surface area contributed by atoms with Crippen molar-refractivity contribution < 1.29 is 44.6 Å². The van der Waals surface area contributed by atoms with Gasteiger partial charge in [-0.2, -0.15) is 12.6 Å². The molecule has 0 aliphatic heterocycles. The van der Waals surface area contributed by atoms with Crippen LogP contribution in [0.5, 0.6) is 0 Å². The van der Waals surface area contributed by atoms with Gasteiger partial charge in [-0.05, 0) is 67.1 Å². The third-order valence-corrected chi connectivity index (χ3v) is 5.26. The van der Waals surface area contributed by atoms with E-state index < -0.39 is 5.97 Å². The van der Waals surface area contributed by atoms with E-state index in [9.17, 15) is 9.90 Å². The summed E-state index contributed by atoms with van der Waals surface area (Å²) >= 11 is 15.7. The second kappa shape index (κ2) is 15.7.